The van der Waals surface area contributed by atoms with Crippen molar-refractivity contribution >= 4 is 5.91 Å². The number of nitrogens with zero attached hydrogens (tertiary/aromatic N) is 1. The van der Waals surface area contributed by atoms with Crippen LogP contribution in [0.5, 0.6) is 5.75 Å². The van der Waals surface area contributed by atoms with Crippen LogP contribution in [0.3, 0.4) is 0 Å². The van der Waals surface area contributed by atoms with Gasteiger partial charge in [0.05, 0.1) is 5.56 Å². The van der Waals surface area contributed by atoms with Gasteiger partial charge in [0.2, 0.25) is 0 Å². The van der Waals surface area contributed by atoms with Crippen molar-refractivity contribution in [1.82, 2.24) is 10.2 Å². The summed E-state index contributed by atoms with van der Waals surface area (Å²) in [6, 6.07) is 5.68. The van der Waals surface area contributed by atoms with E-state index in [9.17, 15) is 9.90 Å². The molecule has 0 spiro atoms. The number of hydrogen-bond donors (Lipinski definition) is 2. The molecule has 1 amide bonds. The van der Waals surface area contributed by atoms with Crippen LogP contribution < -0.4 is 5.32 Å². The molecule has 4 nitrogen and oxygen atoms in total. The smallest absolute Gasteiger partial charge is 0.257 e. The standard InChI is InChI=1S/C15H20N2O2/c1-10-4-5-12(14(18)7-10)15(19)17-8-11-3-2-6-16-13(11)9-17/h4-5,7,11,13,16,18H,2-3,6,8-9H2,1H3/t11-,13+/m0/s1. The number of aromatic hydroxyl groups is 1. The zero-order valence-corrected chi connectivity index (χ0v) is 11.2. The number of likely N-dealkylation sites (tertiary alicyclic amines) is 1. The minimum Gasteiger partial charge on any atom is -0.507 e. The van der Waals surface area contributed by atoms with E-state index in [2.05, 4.69) is 5.32 Å². The molecular formula is C15H20N2O2. The summed E-state index contributed by atoms with van der Waals surface area (Å²) < 4.78 is 0. The predicted octanol–water partition coefficient (Wildman–Crippen LogP) is 1.52. The van der Waals surface area contributed by atoms with Gasteiger partial charge in [0.15, 0.2) is 0 Å². The number of amides is 1. The second-order valence-electron chi connectivity index (χ2n) is 5.69. The summed E-state index contributed by atoms with van der Waals surface area (Å²) in [5, 5.41) is 13.4. The summed E-state index contributed by atoms with van der Waals surface area (Å²) >= 11 is 0. The fourth-order valence-corrected chi connectivity index (χ4v) is 3.21. The Morgan fingerprint density at radius 2 is 2.26 bits per heavy atom. The second-order valence-corrected chi connectivity index (χ2v) is 5.69. The molecule has 0 bridgehead atoms. The van der Waals surface area contributed by atoms with Gasteiger partial charge in [-0.2, -0.15) is 0 Å². The molecule has 102 valence electrons. The van der Waals surface area contributed by atoms with E-state index in [4.69, 9.17) is 0 Å². The topological polar surface area (TPSA) is 52.6 Å². The molecule has 4 heteroatoms. The number of rotatable bonds is 1. The number of aryl methyl sites for hydroxylation is 1. The molecule has 2 heterocycles. The van der Waals surface area contributed by atoms with E-state index in [1.54, 1.807) is 12.1 Å². The maximum Gasteiger partial charge on any atom is 0.257 e. The molecule has 0 aliphatic carbocycles. The molecule has 2 aliphatic rings. The van der Waals surface area contributed by atoms with Crippen molar-refractivity contribution in [1.29, 1.82) is 0 Å². The summed E-state index contributed by atoms with van der Waals surface area (Å²) in [4.78, 5) is 14.3. The zero-order valence-electron chi connectivity index (χ0n) is 11.2. The number of benzene rings is 1. The Balaban J connectivity index is 1.77. The highest BCUT2D eigenvalue weighted by molar-refractivity contribution is 5.97. The Morgan fingerprint density at radius 3 is 3.00 bits per heavy atom. The van der Waals surface area contributed by atoms with Crippen LogP contribution >= 0.6 is 0 Å². The molecule has 19 heavy (non-hydrogen) atoms. The summed E-state index contributed by atoms with van der Waals surface area (Å²) in [5.41, 5.74) is 1.38. The van der Waals surface area contributed by atoms with Crippen molar-refractivity contribution in [2.24, 2.45) is 5.92 Å². The van der Waals surface area contributed by atoms with Crippen molar-refractivity contribution in [2.45, 2.75) is 25.8 Å². The number of hydrogen-bond acceptors (Lipinski definition) is 3. The Labute approximate surface area is 113 Å². The van der Waals surface area contributed by atoms with Gasteiger partial charge in [0.25, 0.3) is 5.91 Å². The minimum atomic E-state index is -0.0475. The number of phenolic OH excluding ortho intramolecular Hbond substituents is 1. The predicted molar refractivity (Wildman–Crippen MR) is 73.3 cm³/mol. The van der Waals surface area contributed by atoms with Crippen LogP contribution in [0, 0.1) is 12.8 Å². The van der Waals surface area contributed by atoms with Crippen molar-refractivity contribution < 1.29 is 9.90 Å². The van der Waals surface area contributed by atoms with E-state index < -0.39 is 0 Å². The number of fused-ring (bicyclic) bond motifs is 1. The monoisotopic (exact) mass is 260 g/mol. The van der Waals surface area contributed by atoms with E-state index >= 15 is 0 Å². The summed E-state index contributed by atoms with van der Waals surface area (Å²) in [6.45, 7) is 4.53. The fraction of sp³-hybridized carbons (Fsp3) is 0.533. The Hall–Kier alpha value is -1.55. The van der Waals surface area contributed by atoms with Crippen LogP contribution in [0.4, 0.5) is 0 Å². The summed E-state index contributed by atoms with van der Waals surface area (Å²) in [7, 11) is 0. The van der Waals surface area contributed by atoms with Gasteiger partial charge in [0, 0.05) is 19.1 Å². The molecule has 0 unspecified atom stereocenters. The third-order valence-electron chi connectivity index (χ3n) is 4.27. The lowest BCUT2D eigenvalue weighted by Gasteiger charge is -2.24. The average Bonchev–Trinajstić information content (AvgIpc) is 2.81. The van der Waals surface area contributed by atoms with Gasteiger partial charge >= 0.3 is 0 Å². The second kappa shape index (κ2) is 4.85. The largest absolute Gasteiger partial charge is 0.507 e. The molecule has 0 aromatic heterocycles. The van der Waals surface area contributed by atoms with Crippen molar-refractivity contribution in [3.05, 3.63) is 29.3 Å². The number of nitrogens with one attached hydrogen (secondary N) is 1. The first-order valence-corrected chi connectivity index (χ1v) is 6.97. The zero-order chi connectivity index (χ0) is 13.4. The van der Waals surface area contributed by atoms with Crippen LogP contribution in [0.25, 0.3) is 0 Å². The first kappa shape index (κ1) is 12.5. The highest BCUT2D eigenvalue weighted by Crippen LogP contribution is 2.28. The van der Waals surface area contributed by atoms with Crippen LogP contribution in [0.2, 0.25) is 0 Å². The molecule has 3 rings (SSSR count). The van der Waals surface area contributed by atoms with Crippen LogP contribution in [-0.4, -0.2) is 41.6 Å². The van der Waals surface area contributed by atoms with Gasteiger partial charge in [-0.25, -0.2) is 0 Å². The normalized spacial score (nSPS) is 26.3. The van der Waals surface area contributed by atoms with Crippen molar-refractivity contribution in [2.75, 3.05) is 19.6 Å². The third kappa shape index (κ3) is 2.32. The maximum absolute atomic E-state index is 12.5. The molecule has 0 saturated carbocycles. The van der Waals surface area contributed by atoms with Gasteiger partial charge in [-0.15, -0.1) is 0 Å². The molecule has 0 radical (unpaired) electrons. The molecular weight excluding hydrogens is 240 g/mol. The Bertz CT molecular complexity index is 487. The Kier molecular flexibility index (Phi) is 3.19. The highest BCUT2D eigenvalue weighted by Gasteiger charge is 2.37. The number of carbonyl (C=O) groups is 1. The average molecular weight is 260 g/mol. The van der Waals surface area contributed by atoms with Gasteiger partial charge < -0.3 is 15.3 Å². The van der Waals surface area contributed by atoms with E-state index in [1.165, 1.54) is 12.8 Å². The van der Waals surface area contributed by atoms with Crippen LogP contribution in [0.15, 0.2) is 18.2 Å². The van der Waals surface area contributed by atoms with Crippen LogP contribution in [-0.2, 0) is 0 Å². The molecule has 1 aromatic carbocycles. The van der Waals surface area contributed by atoms with E-state index in [0.29, 0.717) is 17.5 Å². The molecule has 2 N–H and O–H groups in total. The summed E-state index contributed by atoms with van der Waals surface area (Å²) in [5.74, 6) is 0.617. The van der Waals surface area contributed by atoms with Crippen LogP contribution in [0.1, 0.15) is 28.8 Å². The van der Waals surface area contributed by atoms with Crippen molar-refractivity contribution in [3.63, 3.8) is 0 Å². The fourth-order valence-electron chi connectivity index (χ4n) is 3.21. The first-order chi connectivity index (χ1) is 9.15. The summed E-state index contributed by atoms with van der Waals surface area (Å²) in [6.07, 6.45) is 2.39. The van der Waals surface area contributed by atoms with Gasteiger partial charge in [-0.05, 0) is 49.9 Å². The third-order valence-corrected chi connectivity index (χ3v) is 4.27. The molecule has 2 atom stereocenters. The minimum absolute atomic E-state index is 0.0475. The van der Waals surface area contributed by atoms with E-state index in [0.717, 1.165) is 25.2 Å². The maximum atomic E-state index is 12.5. The number of piperidine rings is 1. The quantitative estimate of drug-likeness (QED) is 0.805. The molecule has 2 saturated heterocycles. The first-order valence-electron chi connectivity index (χ1n) is 6.97. The molecule has 1 aromatic rings. The lowest BCUT2D eigenvalue weighted by Crippen LogP contribution is -2.41. The number of phenols is 1. The Morgan fingerprint density at radius 1 is 1.42 bits per heavy atom. The lowest BCUT2D eigenvalue weighted by atomic mass is 9.94. The van der Waals surface area contributed by atoms with Gasteiger partial charge in [-0.1, -0.05) is 6.07 Å². The van der Waals surface area contributed by atoms with Crippen molar-refractivity contribution in [3.8, 4) is 5.75 Å². The number of carbonyl (C=O) groups excluding carboxylic acids is 1. The highest BCUT2D eigenvalue weighted by atomic mass is 16.3. The van der Waals surface area contributed by atoms with Gasteiger partial charge in [-0.3, -0.25) is 4.79 Å². The van der Waals surface area contributed by atoms with E-state index in [1.807, 2.05) is 17.9 Å². The lowest BCUT2D eigenvalue weighted by molar-refractivity contribution is 0.0782. The SMILES string of the molecule is Cc1ccc(C(=O)N2C[C@@H]3CCCN[C@@H]3C2)c(O)c1. The van der Waals surface area contributed by atoms with Gasteiger partial charge in [0.1, 0.15) is 5.75 Å². The molecule has 2 fully saturated rings. The molecule has 2 aliphatic heterocycles. The van der Waals surface area contributed by atoms with E-state index in [-0.39, 0.29) is 11.7 Å².